The molecule has 0 radical (unpaired) electrons. The summed E-state index contributed by atoms with van der Waals surface area (Å²) in [5, 5.41) is 5.79. The van der Waals surface area contributed by atoms with Crippen molar-refractivity contribution < 1.29 is 9.59 Å². The second kappa shape index (κ2) is 9.04. The number of nitrogens with two attached hydrogens (primary N) is 1. The summed E-state index contributed by atoms with van der Waals surface area (Å²) in [6.45, 7) is 4.66. The summed E-state index contributed by atoms with van der Waals surface area (Å²) < 4.78 is 0. The van der Waals surface area contributed by atoms with Crippen LogP contribution < -0.4 is 16.4 Å². The second-order valence-electron chi connectivity index (χ2n) is 7.07. The van der Waals surface area contributed by atoms with E-state index >= 15 is 0 Å². The van der Waals surface area contributed by atoms with Crippen molar-refractivity contribution in [2.45, 2.75) is 51.6 Å². The molecule has 1 saturated carbocycles. The van der Waals surface area contributed by atoms with Crippen LogP contribution in [0.2, 0.25) is 0 Å². The Bertz CT molecular complexity index is 546. The first-order chi connectivity index (χ1) is 10.8. The molecule has 0 aromatic heterocycles. The molecular formula is C18H28ClN3O2. The average molecular weight is 354 g/mol. The van der Waals surface area contributed by atoms with E-state index < -0.39 is 5.54 Å². The molecule has 1 fully saturated rings. The van der Waals surface area contributed by atoms with Crippen molar-refractivity contribution in [1.29, 1.82) is 0 Å². The summed E-state index contributed by atoms with van der Waals surface area (Å²) in [5.41, 5.74) is 7.01. The summed E-state index contributed by atoms with van der Waals surface area (Å²) in [6, 6.07) is 7.29. The molecule has 134 valence electrons. The predicted octanol–water partition coefficient (Wildman–Crippen LogP) is 2.38. The number of rotatable bonds is 6. The largest absolute Gasteiger partial charge is 0.352 e. The summed E-state index contributed by atoms with van der Waals surface area (Å²) in [5.74, 6) is 0.194. The Labute approximate surface area is 150 Å². The average Bonchev–Trinajstić information content (AvgIpc) is 3.04. The number of benzene rings is 1. The number of hydrogen-bond donors (Lipinski definition) is 3. The Morgan fingerprint density at radius 3 is 2.25 bits per heavy atom. The Morgan fingerprint density at radius 1 is 1.12 bits per heavy atom. The first-order valence-corrected chi connectivity index (χ1v) is 8.29. The highest BCUT2D eigenvalue weighted by Gasteiger charge is 2.22. The predicted molar refractivity (Wildman–Crippen MR) is 98.1 cm³/mol. The molecule has 24 heavy (non-hydrogen) atoms. The van der Waals surface area contributed by atoms with Gasteiger partial charge in [0.05, 0.1) is 0 Å². The van der Waals surface area contributed by atoms with Gasteiger partial charge < -0.3 is 16.4 Å². The van der Waals surface area contributed by atoms with Gasteiger partial charge in [-0.3, -0.25) is 9.59 Å². The third-order valence-corrected chi connectivity index (χ3v) is 4.11. The van der Waals surface area contributed by atoms with Crippen LogP contribution in [0.3, 0.4) is 0 Å². The molecule has 0 unspecified atom stereocenters. The van der Waals surface area contributed by atoms with Crippen molar-refractivity contribution in [2.24, 2.45) is 11.7 Å². The monoisotopic (exact) mass is 353 g/mol. The maximum atomic E-state index is 12.0. The lowest BCUT2D eigenvalue weighted by Gasteiger charge is -2.18. The smallest absolute Gasteiger partial charge is 0.251 e. The van der Waals surface area contributed by atoms with Gasteiger partial charge in [-0.05, 0) is 44.4 Å². The van der Waals surface area contributed by atoms with Crippen LogP contribution in [-0.4, -0.2) is 23.9 Å². The zero-order valence-electron chi connectivity index (χ0n) is 14.4. The highest BCUT2D eigenvalue weighted by Crippen LogP contribution is 2.24. The number of amides is 2. The van der Waals surface area contributed by atoms with Gasteiger partial charge in [-0.1, -0.05) is 25.0 Å². The molecule has 1 aromatic rings. The van der Waals surface area contributed by atoms with Crippen LogP contribution in [0.25, 0.3) is 0 Å². The standard InChI is InChI=1S/C18H27N3O2.ClH/c1-18(2,19)12-21-17(23)15-9-7-13(8-10-15)11-20-16(22)14-5-3-4-6-14;/h7-10,14H,3-6,11-12,19H2,1-2H3,(H,20,22)(H,21,23);1H. The minimum Gasteiger partial charge on any atom is -0.352 e. The molecule has 0 aliphatic heterocycles. The molecule has 0 spiro atoms. The topological polar surface area (TPSA) is 84.2 Å². The molecule has 2 rings (SSSR count). The van der Waals surface area contributed by atoms with Gasteiger partial charge in [-0.2, -0.15) is 0 Å². The van der Waals surface area contributed by atoms with Crippen LogP contribution in [0, 0.1) is 5.92 Å². The van der Waals surface area contributed by atoms with Gasteiger partial charge in [0.1, 0.15) is 0 Å². The number of hydrogen-bond acceptors (Lipinski definition) is 3. The molecule has 0 atom stereocenters. The van der Waals surface area contributed by atoms with E-state index in [9.17, 15) is 9.59 Å². The Balaban J connectivity index is 0.00000288. The van der Waals surface area contributed by atoms with E-state index in [0.29, 0.717) is 18.7 Å². The quantitative estimate of drug-likeness (QED) is 0.734. The lowest BCUT2D eigenvalue weighted by molar-refractivity contribution is -0.124. The lowest BCUT2D eigenvalue weighted by atomic mass is 10.1. The van der Waals surface area contributed by atoms with Crippen molar-refractivity contribution >= 4 is 24.2 Å². The normalized spacial score (nSPS) is 14.8. The third-order valence-electron chi connectivity index (χ3n) is 4.11. The molecule has 6 heteroatoms. The molecule has 2 amide bonds. The summed E-state index contributed by atoms with van der Waals surface area (Å²) in [7, 11) is 0. The van der Waals surface area contributed by atoms with Crippen molar-refractivity contribution in [3.05, 3.63) is 35.4 Å². The fourth-order valence-electron chi connectivity index (χ4n) is 2.71. The van der Waals surface area contributed by atoms with Crippen LogP contribution in [-0.2, 0) is 11.3 Å². The SMILES string of the molecule is CC(C)(N)CNC(=O)c1ccc(CNC(=O)C2CCCC2)cc1.Cl. The fourth-order valence-corrected chi connectivity index (χ4v) is 2.71. The lowest BCUT2D eigenvalue weighted by Crippen LogP contribution is -2.45. The van der Waals surface area contributed by atoms with E-state index in [1.54, 1.807) is 12.1 Å². The van der Waals surface area contributed by atoms with Gasteiger partial charge in [0.2, 0.25) is 5.91 Å². The highest BCUT2D eigenvalue weighted by atomic mass is 35.5. The Kier molecular flexibility index (Phi) is 7.70. The minimum atomic E-state index is -0.430. The first-order valence-electron chi connectivity index (χ1n) is 8.29. The zero-order chi connectivity index (χ0) is 16.9. The summed E-state index contributed by atoms with van der Waals surface area (Å²) >= 11 is 0. The van der Waals surface area contributed by atoms with Crippen LogP contribution in [0.5, 0.6) is 0 Å². The highest BCUT2D eigenvalue weighted by molar-refractivity contribution is 5.94. The first kappa shape index (κ1) is 20.5. The fraction of sp³-hybridized carbons (Fsp3) is 0.556. The van der Waals surface area contributed by atoms with Crippen molar-refractivity contribution in [3.8, 4) is 0 Å². The van der Waals surface area contributed by atoms with Gasteiger partial charge in [-0.15, -0.1) is 12.4 Å². The van der Waals surface area contributed by atoms with Gasteiger partial charge in [0.25, 0.3) is 5.91 Å². The van der Waals surface area contributed by atoms with Gasteiger partial charge >= 0.3 is 0 Å². The minimum absolute atomic E-state index is 0. The van der Waals surface area contributed by atoms with E-state index in [-0.39, 0.29) is 30.1 Å². The van der Waals surface area contributed by atoms with Crippen molar-refractivity contribution in [1.82, 2.24) is 10.6 Å². The maximum absolute atomic E-state index is 12.0. The van der Waals surface area contributed by atoms with Gasteiger partial charge in [0, 0.05) is 30.1 Å². The van der Waals surface area contributed by atoms with E-state index in [2.05, 4.69) is 10.6 Å². The zero-order valence-corrected chi connectivity index (χ0v) is 15.2. The van der Waals surface area contributed by atoms with Crippen LogP contribution in [0.4, 0.5) is 0 Å². The number of carbonyl (C=O) groups is 2. The molecule has 1 aromatic carbocycles. The van der Waals surface area contributed by atoms with Gasteiger partial charge in [-0.25, -0.2) is 0 Å². The van der Waals surface area contributed by atoms with Crippen molar-refractivity contribution in [2.75, 3.05) is 6.54 Å². The van der Waals surface area contributed by atoms with E-state index in [4.69, 9.17) is 5.73 Å². The third kappa shape index (κ3) is 6.49. The number of nitrogens with one attached hydrogen (secondary N) is 2. The van der Waals surface area contributed by atoms with E-state index in [0.717, 1.165) is 31.2 Å². The Hall–Kier alpha value is -1.59. The van der Waals surface area contributed by atoms with Crippen LogP contribution in [0.1, 0.15) is 55.5 Å². The molecular weight excluding hydrogens is 326 g/mol. The molecule has 0 saturated heterocycles. The number of halogens is 1. The van der Waals surface area contributed by atoms with Gasteiger partial charge in [0.15, 0.2) is 0 Å². The van der Waals surface area contributed by atoms with Crippen LogP contribution in [0.15, 0.2) is 24.3 Å². The number of carbonyl (C=O) groups excluding carboxylic acids is 2. The van der Waals surface area contributed by atoms with E-state index in [1.165, 1.54) is 0 Å². The summed E-state index contributed by atoms with van der Waals surface area (Å²) in [6.07, 6.45) is 4.31. The molecule has 0 bridgehead atoms. The second-order valence-corrected chi connectivity index (χ2v) is 7.07. The molecule has 5 nitrogen and oxygen atoms in total. The molecule has 1 aliphatic carbocycles. The molecule has 0 heterocycles. The van der Waals surface area contributed by atoms with E-state index in [1.807, 2.05) is 26.0 Å². The molecule has 1 aliphatic rings. The Morgan fingerprint density at radius 2 is 1.71 bits per heavy atom. The maximum Gasteiger partial charge on any atom is 0.251 e. The molecule has 4 N–H and O–H groups in total. The van der Waals surface area contributed by atoms with Crippen molar-refractivity contribution in [3.63, 3.8) is 0 Å². The summed E-state index contributed by atoms with van der Waals surface area (Å²) in [4.78, 5) is 24.0. The van der Waals surface area contributed by atoms with Crippen LogP contribution >= 0.6 is 12.4 Å².